The van der Waals surface area contributed by atoms with E-state index in [0.717, 1.165) is 25.0 Å². The highest BCUT2D eigenvalue weighted by atomic mass is 35.5. The predicted octanol–water partition coefficient (Wildman–Crippen LogP) is 2.12. The summed E-state index contributed by atoms with van der Waals surface area (Å²) < 4.78 is 11.0. The Balaban J connectivity index is 2.30. The van der Waals surface area contributed by atoms with Gasteiger partial charge in [0.15, 0.2) is 5.76 Å². The second kappa shape index (κ2) is 4.05. The normalized spacial score (nSPS) is 21.4. The molecule has 0 atom stereocenters. The van der Waals surface area contributed by atoms with Gasteiger partial charge in [0, 0.05) is 12.8 Å². The van der Waals surface area contributed by atoms with E-state index in [9.17, 15) is 4.79 Å². The van der Waals surface area contributed by atoms with Crippen LogP contribution in [0, 0.1) is 0 Å². The Hall–Kier alpha value is -0.960. The fourth-order valence-corrected chi connectivity index (χ4v) is 1.76. The molecule has 0 aromatic carbocycles. The zero-order valence-corrected chi connectivity index (χ0v) is 8.47. The number of ether oxygens (including phenoxy) is 2. The van der Waals surface area contributed by atoms with Crippen molar-refractivity contribution in [2.45, 2.75) is 19.3 Å². The lowest BCUT2D eigenvalue weighted by molar-refractivity contribution is -0.108. The maximum absolute atomic E-state index is 11.1. The van der Waals surface area contributed by atoms with E-state index in [1.807, 2.05) is 6.08 Å². The Bertz CT molecular complexity index is 317. The van der Waals surface area contributed by atoms with E-state index in [4.69, 9.17) is 21.1 Å². The van der Waals surface area contributed by atoms with E-state index in [0.29, 0.717) is 24.5 Å². The van der Waals surface area contributed by atoms with Crippen LogP contribution in [0.2, 0.25) is 0 Å². The molecule has 0 saturated heterocycles. The summed E-state index contributed by atoms with van der Waals surface area (Å²) in [6.07, 6.45) is 4.23. The summed E-state index contributed by atoms with van der Waals surface area (Å²) in [6.45, 7) is 1.24. The van der Waals surface area contributed by atoms with E-state index >= 15 is 0 Å². The predicted molar refractivity (Wildman–Crippen MR) is 51.7 cm³/mol. The first-order valence-electron chi connectivity index (χ1n) is 4.68. The van der Waals surface area contributed by atoms with E-state index in [2.05, 4.69) is 0 Å². The molecular formula is C10H11ClO3. The summed E-state index contributed by atoms with van der Waals surface area (Å²) in [5.74, 6) is 1.32. The van der Waals surface area contributed by atoms with Crippen LogP contribution in [0.3, 0.4) is 0 Å². The van der Waals surface area contributed by atoms with Gasteiger partial charge in [-0.1, -0.05) is 6.08 Å². The number of allylic oxidation sites excluding steroid dienone is 3. The summed E-state index contributed by atoms with van der Waals surface area (Å²) in [6, 6.07) is 0. The molecule has 0 amide bonds. The molecular weight excluding hydrogens is 204 g/mol. The van der Waals surface area contributed by atoms with Crippen LogP contribution in [-0.2, 0) is 14.3 Å². The van der Waals surface area contributed by atoms with Crippen molar-refractivity contribution in [2.24, 2.45) is 0 Å². The highest BCUT2D eigenvalue weighted by Gasteiger charge is 2.24. The van der Waals surface area contributed by atoms with Crippen molar-refractivity contribution in [3.05, 3.63) is 23.2 Å². The quantitative estimate of drug-likeness (QED) is 0.628. The molecule has 0 spiro atoms. The summed E-state index contributed by atoms with van der Waals surface area (Å²) >= 11 is 5.45. The summed E-state index contributed by atoms with van der Waals surface area (Å²) in [5.41, 5.74) is 0.454. The molecule has 2 rings (SSSR count). The lowest BCUT2D eigenvalue weighted by Gasteiger charge is -2.17. The van der Waals surface area contributed by atoms with Gasteiger partial charge in [0.25, 0.3) is 5.24 Å². The molecule has 0 radical (unpaired) electrons. The first-order valence-corrected chi connectivity index (χ1v) is 5.06. The fourth-order valence-electron chi connectivity index (χ4n) is 1.60. The molecule has 1 aliphatic carbocycles. The lowest BCUT2D eigenvalue weighted by Crippen LogP contribution is -2.09. The van der Waals surface area contributed by atoms with Gasteiger partial charge >= 0.3 is 0 Å². The third-order valence-electron chi connectivity index (χ3n) is 2.24. The molecule has 0 aromatic rings. The standard InChI is InChI=1S/C10H11ClO3/c11-10(12)7-3-1-4-8-9(7)14-6-2-5-13-8/h3H,1-2,4-6H2. The Labute approximate surface area is 87.3 Å². The Kier molecular flexibility index (Phi) is 2.77. The average molecular weight is 215 g/mol. The van der Waals surface area contributed by atoms with Crippen LogP contribution in [-0.4, -0.2) is 18.5 Å². The monoisotopic (exact) mass is 214 g/mol. The van der Waals surface area contributed by atoms with Gasteiger partial charge < -0.3 is 9.47 Å². The summed E-state index contributed by atoms with van der Waals surface area (Å²) in [7, 11) is 0. The number of hydrogen-bond donors (Lipinski definition) is 0. The van der Waals surface area contributed by atoms with Crippen LogP contribution < -0.4 is 0 Å². The fraction of sp³-hybridized carbons (Fsp3) is 0.500. The molecule has 14 heavy (non-hydrogen) atoms. The smallest absolute Gasteiger partial charge is 0.255 e. The molecule has 0 fully saturated rings. The molecule has 3 nitrogen and oxygen atoms in total. The van der Waals surface area contributed by atoms with Crippen molar-refractivity contribution in [3.63, 3.8) is 0 Å². The van der Waals surface area contributed by atoms with Gasteiger partial charge in [-0.05, 0) is 18.0 Å². The van der Waals surface area contributed by atoms with E-state index in [1.54, 1.807) is 0 Å². The van der Waals surface area contributed by atoms with Crippen LogP contribution >= 0.6 is 11.6 Å². The zero-order chi connectivity index (χ0) is 9.97. The van der Waals surface area contributed by atoms with Gasteiger partial charge in [0.05, 0.1) is 18.8 Å². The van der Waals surface area contributed by atoms with Crippen molar-refractivity contribution < 1.29 is 14.3 Å². The third-order valence-corrected chi connectivity index (χ3v) is 2.44. The van der Waals surface area contributed by atoms with Crippen LogP contribution in [0.5, 0.6) is 0 Å². The SMILES string of the molecule is O=C(Cl)C1=CCCC2=C1OCCCO2. The van der Waals surface area contributed by atoms with Crippen LogP contribution in [0.15, 0.2) is 23.2 Å². The molecule has 0 aromatic heterocycles. The van der Waals surface area contributed by atoms with Gasteiger partial charge in [0.2, 0.25) is 0 Å². The molecule has 0 saturated carbocycles. The van der Waals surface area contributed by atoms with Crippen molar-refractivity contribution >= 4 is 16.8 Å². The van der Waals surface area contributed by atoms with Gasteiger partial charge in [0.1, 0.15) is 5.76 Å². The van der Waals surface area contributed by atoms with Gasteiger partial charge in [-0.3, -0.25) is 4.79 Å². The number of carbonyl (C=O) groups excluding carboxylic acids is 1. The van der Waals surface area contributed by atoms with E-state index in [-0.39, 0.29) is 0 Å². The molecule has 1 heterocycles. The minimum absolute atomic E-state index is 0.454. The Morgan fingerprint density at radius 2 is 2.14 bits per heavy atom. The first-order chi connectivity index (χ1) is 6.79. The number of halogens is 1. The highest BCUT2D eigenvalue weighted by molar-refractivity contribution is 6.68. The molecule has 4 heteroatoms. The lowest BCUT2D eigenvalue weighted by atomic mass is 10.0. The van der Waals surface area contributed by atoms with Crippen molar-refractivity contribution in [2.75, 3.05) is 13.2 Å². The number of hydrogen-bond acceptors (Lipinski definition) is 3. The Morgan fingerprint density at radius 3 is 2.93 bits per heavy atom. The second-order valence-corrected chi connectivity index (χ2v) is 3.58. The van der Waals surface area contributed by atoms with Crippen LogP contribution in [0.25, 0.3) is 0 Å². The van der Waals surface area contributed by atoms with Crippen molar-refractivity contribution in [1.82, 2.24) is 0 Å². The molecule has 0 unspecified atom stereocenters. The van der Waals surface area contributed by atoms with Gasteiger partial charge in [-0.25, -0.2) is 0 Å². The highest BCUT2D eigenvalue weighted by Crippen LogP contribution is 2.30. The maximum Gasteiger partial charge on any atom is 0.255 e. The van der Waals surface area contributed by atoms with Gasteiger partial charge in [-0.2, -0.15) is 0 Å². The summed E-state index contributed by atoms with van der Waals surface area (Å²) in [4.78, 5) is 11.1. The topological polar surface area (TPSA) is 35.5 Å². The molecule has 0 bridgehead atoms. The molecule has 76 valence electrons. The van der Waals surface area contributed by atoms with Gasteiger partial charge in [-0.15, -0.1) is 0 Å². The largest absolute Gasteiger partial charge is 0.494 e. The minimum Gasteiger partial charge on any atom is -0.494 e. The van der Waals surface area contributed by atoms with Crippen molar-refractivity contribution in [1.29, 1.82) is 0 Å². The number of carbonyl (C=O) groups is 1. The first kappa shape index (κ1) is 9.59. The Morgan fingerprint density at radius 1 is 1.36 bits per heavy atom. The maximum atomic E-state index is 11.1. The van der Waals surface area contributed by atoms with Crippen LogP contribution in [0.1, 0.15) is 19.3 Å². The molecule has 1 aliphatic heterocycles. The number of rotatable bonds is 1. The third kappa shape index (κ3) is 1.77. The molecule has 0 N–H and O–H groups in total. The summed E-state index contributed by atoms with van der Waals surface area (Å²) in [5, 5.41) is -0.470. The van der Waals surface area contributed by atoms with Crippen molar-refractivity contribution in [3.8, 4) is 0 Å². The minimum atomic E-state index is -0.470. The van der Waals surface area contributed by atoms with Crippen LogP contribution in [0.4, 0.5) is 0 Å². The average Bonchev–Trinajstić information content (AvgIpc) is 2.41. The van der Waals surface area contributed by atoms with E-state index in [1.165, 1.54) is 0 Å². The van der Waals surface area contributed by atoms with E-state index < -0.39 is 5.24 Å². The zero-order valence-electron chi connectivity index (χ0n) is 7.72. The molecule has 2 aliphatic rings. The second-order valence-electron chi connectivity index (χ2n) is 3.23.